The molecular weight excluding hydrogens is 1020 g/mol. The molecule has 18 heteroatoms. The van der Waals surface area contributed by atoms with E-state index in [1.54, 1.807) is 113 Å². The van der Waals surface area contributed by atoms with Gasteiger partial charge in [0.25, 0.3) is 0 Å². The molecule has 2 heterocycles. The number of amides is 1. The standard InChI is InChI=1S/C24H28N2O5.C20H25ClN2O5.C16H14O3/c1-2-31-24(30)20(14-12-17-8-4-3-5-9-17)25-19-15-13-18-10-6-7-11-21(18)26(23(19)29)16-22(27)28;1-4-28-20(25)18-15(11-27-10-9-22)23-12(2)16(19(24)26-3)17(18)13-7-5-6-8-14(13)21;1-11(16(18)19)13-8-5-9-14(10-13)15(17)12-6-3-2-4-7-12/h3-11,19-20,25H,2,12-16H2,1H3,(H,27,28);5-8,17,23H,4,9-11,22H2,1-3H3;2-11H,1H3,(H,18,19)/t19-,20-;;/m0../s1. The van der Waals surface area contributed by atoms with Gasteiger partial charge in [0.2, 0.25) is 5.91 Å². The molecule has 0 bridgehead atoms. The third-order valence-corrected chi connectivity index (χ3v) is 13.1. The Labute approximate surface area is 459 Å². The summed E-state index contributed by atoms with van der Waals surface area (Å²) in [5.74, 6) is -5.32. The van der Waals surface area contributed by atoms with Gasteiger partial charge in [0.05, 0.1) is 68.3 Å². The topological polar surface area (TPSA) is 250 Å². The summed E-state index contributed by atoms with van der Waals surface area (Å²) in [5, 5.41) is 25.0. The van der Waals surface area contributed by atoms with E-state index in [1.807, 2.05) is 48.5 Å². The number of halogens is 1. The van der Waals surface area contributed by atoms with Crippen LogP contribution in [0, 0.1) is 0 Å². The summed E-state index contributed by atoms with van der Waals surface area (Å²) in [7, 11) is 1.29. The lowest BCUT2D eigenvalue weighted by Crippen LogP contribution is -2.53. The molecule has 0 aromatic heterocycles. The number of carboxylic acid groups (broad SMARTS) is 2. The van der Waals surface area contributed by atoms with E-state index >= 15 is 0 Å². The number of ether oxygens (including phenoxy) is 4. The van der Waals surface area contributed by atoms with Crippen molar-refractivity contribution in [3.8, 4) is 0 Å². The van der Waals surface area contributed by atoms with Crippen molar-refractivity contribution in [3.63, 3.8) is 0 Å². The lowest BCUT2D eigenvalue weighted by molar-refractivity contribution is -0.146. The molecule has 1 amide bonds. The Morgan fingerprint density at radius 3 is 2.09 bits per heavy atom. The molecule has 2 aliphatic rings. The van der Waals surface area contributed by atoms with Crippen molar-refractivity contribution in [1.29, 1.82) is 0 Å². The number of rotatable bonds is 21. The number of carboxylic acids is 2. The number of carbonyl (C=O) groups is 7. The van der Waals surface area contributed by atoms with Gasteiger partial charge in [0.1, 0.15) is 12.6 Å². The van der Waals surface area contributed by atoms with Crippen LogP contribution in [0.15, 0.2) is 156 Å². The van der Waals surface area contributed by atoms with E-state index in [2.05, 4.69) is 10.6 Å². The van der Waals surface area contributed by atoms with Gasteiger partial charge >= 0.3 is 29.8 Å². The van der Waals surface area contributed by atoms with Gasteiger partial charge in [0.15, 0.2) is 5.78 Å². The van der Waals surface area contributed by atoms with Crippen LogP contribution in [0.4, 0.5) is 5.69 Å². The molecule has 5 aromatic rings. The van der Waals surface area contributed by atoms with Crippen molar-refractivity contribution >= 4 is 58.8 Å². The summed E-state index contributed by atoms with van der Waals surface area (Å²) >= 11 is 6.42. The number of dihydropyridines is 1. The first kappa shape index (κ1) is 60.9. The summed E-state index contributed by atoms with van der Waals surface area (Å²) in [4.78, 5) is 87.3. The first-order chi connectivity index (χ1) is 37.5. The number of allylic oxidation sites excluding steroid dienone is 1. The minimum Gasteiger partial charge on any atom is -0.481 e. The van der Waals surface area contributed by atoms with Crippen molar-refractivity contribution in [1.82, 2.24) is 10.6 Å². The zero-order valence-corrected chi connectivity index (χ0v) is 45.1. The molecule has 4 atom stereocenters. The van der Waals surface area contributed by atoms with Crippen molar-refractivity contribution in [2.75, 3.05) is 51.5 Å². The maximum absolute atomic E-state index is 13.3. The number of ketones is 1. The van der Waals surface area contributed by atoms with Crippen LogP contribution in [0.5, 0.6) is 0 Å². The largest absolute Gasteiger partial charge is 0.481 e. The van der Waals surface area contributed by atoms with Gasteiger partial charge in [-0.1, -0.05) is 127 Å². The number of aliphatic carboxylic acids is 2. The lowest BCUT2D eigenvalue weighted by Gasteiger charge is -2.31. The number of methoxy groups -OCH3 is 1. The van der Waals surface area contributed by atoms with Crippen LogP contribution in [0.3, 0.4) is 0 Å². The van der Waals surface area contributed by atoms with Gasteiger partial charge in [-0.2, -0.15) is 0 Å². The summed E-state index contributed by atoms with van der Waals surface area (Å²) in [6, 6.07) is 38.5. The number of esters is 3. The van der Waals surface area contributed by atoms with E-state index in [0.29, 0.717) is 88.8 Å². The Balaban J connectivity index is 0.000000222. The molecule has 0 saturated heterocycles. The zero-order valence-electron chi connectivity index (χ0n) is 44.4. The number of nitrogens with zero attached hydrogens (tertiary/aromatic N) is 1. The normalized spacial score (nSPS) is 15.6. The number of anilines is 1. The van der Waals surface area contributed by atoms with E-state index in [1.165, 1.54) is 12.0 Å². The number of hydrogen-bond donors (Lipinski definition) is 5. The van der Waals surface area contributed by atoms with E-state index in [9.17, 15) is 38.7 Å². The Morgan fingerprint density at radius 2 is 1.45 bits per heavy atom. The van der Waals surface area contributed by atoms with Crippen LogP contribution < -0.4 is 21.3 Å². The Bertz CT molecular complexity index is 2950. The number of aryl methyl sites for hydroxylation is 2. The molecule has 0 saturated carbocycles. The number of nitrogens with two attached hydrogens (primary N) is 1. The fourth-order valence-electron chi connectivity index (χ4n) is 8.85. The van der Waals surface area contributed by atoms with E-state index < -0.39 is 60.3 Å². The van der Waals surface area contributed by atoms with Crippen molar-refractivity contribution < 1.29 is 62.7 Å². The highest BCUT2D eigenvalue weighted by Gasteiger charge is 2.40. The molecule has 0 fully saturated rings. The Morgan fingerprint density at radius 1 is 0.808 bits per heavy atom. The second-order valence-corrected chi connectivity index (χ2v) is 18.4. The number of fused-ring (bicyclic) bond motifs is 1. The first-order valence-corrected chi connectivity index (χ1v) is 25.9. The van der Waals surface area contributed by atoms with Crippen molar-refractivity contribution in [3.05, 3.63) is 194 Å². The van der Waals surface area contributed by atoms with Crippen LogP contribution in [0.2, 0.25) is 5.02 Å². The number of nitrogens with one attached hydrogen (secondary N) is 2. The third-order valence-electron chi connectivity index (χ3n) is 12.7. The third kappa shape index (κ3) is 16.8. The minimum absolute atomic E-state index is 0.0972. The SMILES string of the molecule is CC(C(=O)O)c1cccc(C(=O)c2ccccc2)c1.CCOC(=O)C1=C(COCCN)NC(C)=C(C(=O)OC)C1c1ccccc1Cl.CCOC(=O)[C@H](CCc1ccccc1)N[C@H]1CCc2ccccc2N(CC(=O)O)C1=O. The summed E-state index contributed by atoms with van der Waals surface area (Å²) in [6.07, 6.45) is 2.19. The molecule has 2 unspecified atom stereocenters. The zero-order chi connectivity index (χ0) is 56.7. The van der Waals surface area contributed by atoms with Gasteiger partial charge in [0, 0.05) is 34.1 Å². The fourth-order valence-corrected chi connectivity index (χ4v) is 9.09. The molecule has 5 aromatic carbocycles. The predicted octanol–water partition coefficient (Wildman–Crippen LogP) is 7.95. The molecule has 7 rings (SSSR count). The fraction of sp³-hybridized carbons (Fsp3) is 0.317. The van der Waals surface area contributed by atoms with Crippen molar-refractivity contribution in [2.45, 2.75) is 77.3 Å². The maximum Gasteiger partial charge on any atom is 0.336 e. The summed E-state index contributed by atoms with van der Waals surface area (Å²) in [5.41, 5.74) is 12.1. The van der Waals surface area contributed by atoms with Crippen LogP contribution in [-0.2, 0) is 60.6 Å². The highest BCUT2D eigenvalue weighted by Crippen LogP contribution is 2.42. The smallest absolute Gasteiger partial charge is 0.336 e. The van der Waals surface area contributed by atoms with Gasteiger partial charge in [-0.25, -0.2) is 9.59 Å². The first-order valence-electron chi connectivity index (χ1n) is 25.5. The number of benzene rings is 5. The molecular formula is C60H67ClN4O13. The monoisotopic (exact) mass is 1090 g/mol. The highest BCUT2D eigenvalue weighted by molar-refractivity contribution is 6.31. The van der Waals surface area contributed by atoms with E-state index in [-0.39, 0.29) is 37.1 Å². The van der Waals surface area contributed by atoms with Crippen molar-refractivity contribution in [2.24, 2.45) is 5.73 Å². The highest BCUT2D eigenvalue weighted by atomic mass is 35.5. The van der Waals surface area contributed by atoms with E-state index in [0.717, 1.165) is 11.1 Å². The minimum atomic E-state index is -1.09. The Hall–Kier alpha value is -7.96. The summed E-state index contributed by atoms with van der Waals surface area (Å²) < 4.78 is 21.0. The van der Waals surface area contributed by atoms with Gasteiger partial charge in [-0.3, -0.25) is 34.2 Å². The van der Waals surface area contributed by atoms with Crippen LogP contribution in [-0.4, -0.2) is 110 Å². The second-order valence-electron chi connectivity index (χ2n) is 18.0. The van der Waals surface area contributed by atoms with Crippen LogP contribution in [0.25, 0.3) is 0 Å². The molecule has 2 aliphatic heterocycles. The number of para-hydroxylation sites is 1. The molecule has 17 nitrogen and oxygen atoms in total. The average Bonchev–Trinajstić information content (AvgIpc) is 3.63. The van der Waals surface area contributed by atoms with Crippen LogP contribution in [0.1, 0.15) is 90.5 Å². The van der Waals surface area contributed by atoms with Gasteiger partial charge in [-0.05, 0) is 93.8 Å². The molecule has 412 valence electrons. The number of carbonyl (C=O) groups excluding carboxylic acids is 5. The number of hydrogen-bond acceptors (Lipinski definition) is 14. The quantitative estimate of drug-likeness (QED) is 0.0202. The molecule has 0 aliphatic carbocycles. The van der Waals surface area contributed by atoms with Crippen LogP contribution >= 0.6 is 11.6 Å². The molecule has 6 N–H and O–H groups in total. The molecule has 0 spiro atoms. The maximum atomic E-state index is 13.3. The molecule has 0 radical (unpaired) electrons. The van der Waals surface area contributed by atoms with Gasteiger partial charge < -0.3 is 40.2 Å². The predicted molar refractivity (Wildman–Crippen MR) is 295 cm³/mol. The molecule has 78 heavy (non-hydrogen) atoms. The van der Waals surface area contributed by atoms with E-state index in [4.69, 9.17) is 41.4 Å². The Kier molecular flexibility index (Phi) is 24.0. The second kappa shape index (κ2) is 30.7. The lowest BCUT2D eigenvalue weighted by atomic mass is 9.80. The van der Waals surface area contributed by atoms with Gasteiger partial charge in [-0.15, -0.1) is 0 Å². The average molecular weight is 1090 g/mol. The summed E-state index contributed by atoms with van der Waals surface area (Å²) in [6.45, 7) is 7.58.